The molecule has 112 valence electrons. The van der Waals surface area contributed by atoms with Crippen molar-refractivity contribution in [2.75, 3.05) is 0 Å². The van der Waals surface area contributed by atoms with Gasteiger partial charge in [0.25, 0.3) is 0 Å². The minimum atomic E-state index is 0.269. The van der Waals surface area contributed by atoms with Crippen molar-refractivity contribution in [2.45, 2.75) is 27.0 Å². The third kappa shape index (κ3) is 4.15. The number of benzene rings is 1. The van der Waals surface area contributed by atoms with E-state index >= 15 is 0 Å². The first-order valence-electron chi connectivity index (χ1n) is 6.56. The molecule has 1 aromatic carbocycles. The fourth-order valence-corrected chi connectivity index (χ4v) is 2.19. The molecule has 0 aliphatic rings. The minimum absolute atomic E-state index is 0.269. The van der Waals surface area contributed by atoms with Crippen LogP contribution in [0.2, 0.25) is 5.02 Å². The Morgan fingerprint density at radius 1 is 1.48 bits per heavy atom. The Kier molecular flexibility index (Phi) is 5.14. The van der Waals surface area contributed by atoms with Gasteiger partial charge in [-0.15, -0.1) is 0 Å². The van der Waals surface area contributed by atoms with Crippen molar-refractivity contribution < 1.29 is 4.74 Å². The second-order valence-corrected chi connectivity index (χ2v) is 5.92. The van der Waals surface area contributed by atoms with E-state index < -0.39 is 0 Å². The Labute approximate surface area is 134 Å². The van der Waals surface area contributed by atoms with E-state index in [1.807, 2.05) is 4.68 Å². The summed E-state index contributed by atoms with van der Waals surface area (Å²) in [5, 5.41) is 4.76. The molecule has 0 saturated carbocycles. The number of ether oxygens (including phenoxy) is 1. The highest BCUT2D eigenvalue weighted by Crippen LogP contribution is 2.24. The number of hydrogen-bond acceptors (Lipinski definition) is 4. The van der Waals surface area contributed by atoms with Gasteiger partial charge >= 0.3 is 0 Å². The molecule has 1 aromatic heterocycles. The van der Waals surface area contributed by atoms with Crippen LogP contribution in [0.3, 0.4) is 0 Å². The first kappa shape index (κ1) is 15.7. The van der Waals surface area contributed by atoms with Gasteiger partial charge in [0.05, 0.1) is 5.56 Å². The van der Waals surface area contributed by atoms with Crippen molar-refractivity contribution in [1.82, 2.24) is 14.8 Å². The predicted molar refractivity (Wildman–Crippen MR) is 86.5 cm³/mol. The van der Waals surface area contributed by atoms with Crippen LogP contribution >= 0.6 is 23.8 Å². The van der Waals surface area contributed by atoms with Gasteiger partial charge in [-0.25, -0.2) is 9.67 Å². The maximum Gasteiger partial charge on any atom is 0.164 e. The Morgan fingerprint density at radius 2 is 2.24 bits per heavy atom. The molecule has 0 atom stereocenters. The second kappa shape index (κ2) is 6.87. The molecule has 0 aliphatic carbocycles. The summed E-state index contributed by atoms with van der Waals surface area (Å²) in [7, 11) is 0. The summed E-state index contributed by atoms with van der Waals surface area (Å²) >= 11 is 11.0. The minimum Gasteiger partial charge on any atom is -0.485 e. The largest absolute Gasteiger partial charge is 0.485 e. The van der Waals surface area contributed by atoms with E-state index in [4.69, 9.17) is 34.3 Å². The number of nitrogens with zero attached hydrogens (tertiary/aromatic N) is 3. The average molecular weight is 325 g/mol. The first-order valence-corrected chi connectivity index (χ1v) is 7.35. The zero-order chi connectivity index (χ0) is 15.4. The maximum absolute atomic E-state index is 5.98. The van der Waals surface area contributed by atoms with Crippen molar-refractivity contribution in [1.29, 1.82) is 0 Å². The quantitative estimate of drug-likeness (QED) is 0.828. The number of nitrogens with two attached hydrogens (primary N) is 1. The van der Waals surface area contributed by atoms with Gasteiger partial charge in [0, 0.05) is 11.6 Å². The van der Waals surface area contributed by atoms with Gasteiger partial charge in [-0.3, -0.25) is 0 Å². The third-order valence-corrected chi connectivity index (χ3v) is 3.25. The van der Waals surface area contributed by atoms with Gasteiger partial charge in [0.1, 0.15) is 23.7 Å². The summed E-state index contributed by atoms with van der Waals surface area (Å²) in [6.45, 7) is 5.31. The van der Waals surface area contributed by atoms with Crippen LogP contribution in [-0.4, -0.2) is 19.8 Å². The van der Waals surface area contributed by atoms with Gasteiger partial charge in [-0.2, -0.15) is 5.10 Å². The van der Waals surface area contributed by atoms with Crippen LogP contribution < -0.4 is 10.5 Å². The number of thiocarbonyl (C=S) groups is 1. The normalized spacial score (nSPS) is 10.9. The SMILES string of the molecule is CC(C)Cn1ncnc1COc1cc(Cl)ccc1C(N)=S. The summed E-state index contributed by atoms with van der Waals surface area (Å²) in [5.74, 6) is 1.77. The molecule has 1 heterocycles. The van der Waals surface area contributed by atoms with E-state index in [1.165, 1.54) is 6.33 Å². The van der Waals surface area contributed by atoms with Gasteiger partial charge in [-0.05, 0) is 24.1 Å². The molecule has 0 fully saturated rings. The highest BCUT2D eigenvalue weighted by molar-refractivity contribution is 7.80. The Bertz CT molecular complexity index is 642. The van der Waals surface area contributed by atoms with E-state index in [-0.39, 0.29) is 11.6 Å². The maximum atomic E-state index is 5.98. The van der Waals surface area contributed by atoms with Gasteiger partial charge < -0.3 is 10.5 Å². The number of halogens is 1. The number of hydrogen-bond donors (Lipinski definition) is 1. The van der Waals surface area contributed by atoms with E-state index in [9.17, 15) is 0 Å². The Morgan fingerprint density at radius 3 is 2.90 bits per heavy atom. The monoisotopic (exact) mass is 324 g/mol. The van der Waals surface area contributed by atoms with Crippen molar-refractivity contribution in [3.05, 3.63) is 40.9 Å². The lowest BCUT2D eigenvalue weighted by Gasteiger charge is -2.12. The molecule has 2 aromatic rings. The summed E-state index contributed by atoms with van der Waals surface area (Å²) in [6, 6.07) is 5.17. The van der Waals surface area contributed by atoms with Crippen molar-refractivity contribution >= 4 is 28.8 Å². The topological polar surface area (TPSA) is 66.0 Å². The van der Waals surface area contributed by atoms with E-state index in [1.54, 1.807) is 18.2 Å². The van der Waals surface area contributed by atoms with Gasteiger partial charge in [0.15, 0.2) is 5.82 Å². The lowest BCUT2D eigenvalue weighted by molar-refractivity contribution is 0.282. The molecule has 0 aliphatic heterocycles. The molecule has 0 radical (unpaired) electrons. The second-order valence-electron chi connectivity index (χ2n) is 5.05. The predicted octanol–water partition coefficient (Wildman–Crippen LogP) is 2.80. The van der Waals surface area contributed by atoms with Crippen molar-refractivity contribution in [3.63, 3.8) is 0 Å². The highest BCUT2D eigenvalue weighted by atomic mass is 35.5. The van der Waals surface area contributed by atoms with Crippen molar-refractivity contribution in [2.24, 2.45) is 11.7 Å². The standard InChI is InChI=1S/C14H17ClN4OS/c1-9(2)6-19-13(17-8-18-19)7-20-12-5-10(15)3-4-11(12)14(16)21/h3-5,8-9H,6-7H2,1-2H3,(H2,16,21). The van der Waals surface area contributed by atoms with Crippen LogP contribution in [0.4, 0.5) is 0 Å². The molecule has 7 heteroatoms. The van der Waals surface area contributed by atoms with E-state index in [0.29, 0.717) is 22.3 Å². The van der Waals surface area contributed by atoms with Gasteiger partial charge in [-0.1, -0.05) is 37.7 Å². The lowest BCUT2D eigenvalue weighted by Crippen LogP contribution is -2.14. The van der Waals surface area contributed by atoms with E-state index in [2.05, 4.69) is 23.9 Å². The summed E-state index contributed by atoms with van der Waals surface area (Å²) < 4.78 is 7.60. The van der Waals surface area contributed by atoms with Crippen LogP contribution in [0, 0.1) is 5.92 Å². The number of aromatic nitrogens is 3. The average Bonchev–Trinajstić information content (AvgIpc) is 2.82. The summed E-state index contributed by atoms with van der Waals surface area (Å²) in [4.78, 5) is 4.48. The highest BCUT2D eigenvalue weighted by Gasteiger charge is 2.11. The van der Waals surface area contributed by atoms with Crippen molar-refractivity contribution in [3.8, 4) is 5.75 Å². The van der Waals surface area contributed by atoms with Crippen LogP contribution in [0.15, 0.2) is 24.5 Å². The molecule has 21 heavy (non-hydrogen) atoms. The molecule has 0 amide bonds. The van der Waals surface area contributed by atoms with Crippen LogP contribution in [0.5, 0.6) is 5.75 Å². The summed E-state index contributed by atoms with van der Waals surface area (Å²) in [6.07, 6.45) is 1.52. The molecule has 0 saturated heterocycles. The zero-order valence-electron chi connectivity index (χ0n) is 11.9. The fourth-order valence-electron chi connectivity index (χ4n) is 1.86. The molecule has 2 N–H and O–H groups in total. The van der Waals surface area contributed by atoms with Crippen LogP contribution in [0.1, 0.15) is 25.2 Å². The molecule has 0 unspecified atom stereocenters. The van der Waals surface area contributed by atoms with E-state index in [0.717, 1.165) is 12.4 Å². The number of rotatable bonds is 6. The van der Waals surface area contributed by atoms with Crippen LogP contribution in [0.25, 0.3) is 0 Å². The molecular weight excluding hydrogens is 308 g/mol. The molecular formula is C14H17ClN4OS. The summed E-state index contributed by atoms with van der Waals surface area (Å²) in [5.41, 5.74) is 6.34. The third-order valence-electron chi connectivity index (χ3n) is 2.80. The molecule has 0 bridgehead atoms. The smallest absolute Gasteiger partial charge is 0.164 e. The molecule has 2 rings (SSSR count). The lowest BCUT2D eigenvalue weighted by atomic mass is 10.2. The Balaban J connectivity index is 2.15. The fraction of sp³-hybridized carbons (Fsp3) is 0.357. The van der Waals surface area contributed by atoms with Gasteiger partial charge in [0.2, 0.25) is 0 Å². The first-order chi connectivity index (χ1) is 9.97. The van der Waals surface area contributed by atoms with Crippen LogP contribution in [-0.2, 0) is 13.2 Å². The Hall–Kier alpha value is -1.66. The zero-order valence-corrected chi connectivity index (χ0v) is 13.5. The molecule has 0 spiro atoms. The molecule has 5 nitrogen and oxygen atoms in total.